The van der Waals surface area contributed by atoms with Crippen LogP contribution >= 0.6 is 11.3 Å². The number of rotatable bonds is 10. The highest BCUT2D eigenvalue weighted by Crippen LogP contribution is 2.33. The third kappa shape index (κ3) is 7.04. The maximum Gasteiger partial charge on any atom is 0.416 e. The summed E-state index contributed by atoms with van der Waals surface area (Å²) >= 11 is 1.39. The first-order chi connectivity index (χ1) is 15.7. The number of carbonyl (C=O) groups excluding carboxylic acids is 2. The van der Waals surface area contributed by atoms with Crippen LogP contribution in [0, 0.1) is 5.92 Å². The second-order valence-electron chi connectivity index (χ2n) is 8.36. The van der Waals surface area contributed by atoms with E-state index in [-0.39, 0.29) is 29.8 Å². The molecule has 0 bridgehead atoms. The number of halogens is 3. The van der Waals surface area contributed by atoms with E-state index in [9.17, 15) is 27.9 Å². The molecule has 1 amide bonds. The Morgan fingerprint density at radius 2 is 2.03 bits per heavy atom. The predicted molar refractivity (Wildman–Crippen MR) is 119 cm³/mol. The maximum absolute atomic E-state index is 13.1. The maximum atomic E-state index is 13.1. The first-order valence-electron chi connectivity index (χ1n) is 11.0. The van der Waals surface area contributed by atoms with Gasteiger partial charge in [0, 0.05) is 24.4 Å². The molecule has 1 aliphatic heterocycles. The summed E-state index contributed by atoms with van der Waals surface area (Å²) in [7, 11) is 1.34. The van der Waals surface area contributed by atoms with Crippen LogP contribution in [-0.2, 0) is 28.5 Å². The van der Waals surface area contributed by atoms with Crippen molar-refractivity contribution in [3.8, 4) is 0 Å². The van der Waals surface area contributed by atoms with Gasteiger partial charge in [-0.15, -0.1) is 11.3 Å². The second-order valence-corrected chi connectivity index (χ2v) is 9.53. The minimum Gasteiger partial charge on any atom is -0.465 e. The third-order valence-corrected chi connectivity index (χ3v) is 7.01. The average Bonchev–Trinajstić information content (AvgIpc) is 3.38. The van der Waals surface area contributed by atoms with Crippen molar-refractivity contribution in [3.63, 3.8) is 0 Å². The quantitative estimate of drug-likeness (QED) is 0.497. The van der Waals surface area contributed by atoms with E-state index in [4.69, 9.17) is 4.74 Å². The van der Waals surface area contributed by atoms with E-state index in [1.54, 1.807) is 6.07 Å². The molecule has 1 N–H and O–H groups in total. The van der Waals surface area contributed by atoms with Crippen LogP contribution in [0.3, 0.4) is 0 Å². The standard InChI is InChI=1S/C24H28F3NO4S/c1-32-23(31)21-11-10-19(33-21)6-4-12-28-15-16(13-22(28)30)8-9-18(29)14-17-5-2-3-7-20(17)24(25,26)27/h2-3,5,7,10-11,16,18,29H,4,6,8-9,12-15H2,1H3. The Labute approximate surface area is 195 Å². The lowest BCUT2D eigenvalue weighted by Crippen LogP contribution is -2.26. The zero-order valence-corrected chi connectivity index (χ0v) is 19.3. The van der Waals surface area contributed by atoms with E-state index in [0.29, 0.717) is 37.2 Å². The number of esters is 1. The van der Waals surface area contributed by atoms with Gasteiger partial charge in [0.2, 0.25) is 5.91 Å². The molecular weight excluding hydrogens is 455 g/mol. The third-order valence-electron chi connectivity index (χ3n) is 5.88. The molecule has 1 saturated heterocycles. The number of aliphatic hydroxyl groups excluding tert-OH is 1. The molecule has 33 heavy (non-hydrogen) atoms. The van der Waals surface area contributed by atoms with Gasteiger partial charge in [-0.05, 0) is 61.8 Å². The number of aryl methyl sites for hydroxylation is 1. The molecule has 9 heteroatoms. The van der Waals surface area contributed by atoms with Gasteiger partial charge in [-0.25, -0.2) is 4.79 Å². The van der Waals surface area contributed by atoms with Crippen molar-refractivity contribution in [1.82, 2.24) is 4.90 Å². The van der Waals surface area contributed by atoms with E-state index >= 15 is 0 Å². The van der Waals surface area contributed by atoms with Crippen molar-refractivity contribution >= 4 is 23.2 Å². The van der Waals surface area contributed by atoms with Crippen molar-refractivity contribution < 1.29 is 32.6 Å². The molecule has 2 aromatic rings. The minimum absolute atomic E-state index is 0.0611. The van der Waals surface area contributed by atoms with Crippen LogP contribution in [0.2, 0.25) is 0 Å². The number of carbonyl (C=O) groups is 2. The lowest BCUT2D eigenvalue weighted by molar-refractivity contribution is -0.138. The minimum atomic E-state index is -4.45. The molecule has 2 unspecified atom stereocenters. The number of nitrogens with zero attached hydrogens (tertiary/aromatic N) is 1. The lowest BCUT2D eigenvalue weighted by Gasteiger charge is -2.18. The fourth-order valence-electron chi connectivity index (χ4n) is 4.19. The van der Waals surface area contributed by atoms with Gasteiger partial charge in [0.05, 0.1) is 18.8 Å². The fraction of sp³-hybridized carbons (Fsp3) is 0.500. The molecule has 1 aromatic carbocycles. The second kappa shape index (κ2) is 11.2. The van der Waals surface area contributed by atoms with Crippen molar-refractivity contribution in [2.75, 3.05) is 20.2 Å². The number of benzene rings is 1. The fourth-order valence-corrected chi connectivity index (χ4v) is 5.16. The largest absolute Gasteiger partial charge is 0.465 e. The molecule has 0 spiro atoms. The normalized spacial score (nSPS) is 17.4. The summed E-state index contributed by atoms with van der Waals surface area (Å²) in [5.41, 5.74) is -0.624. The summed E-state index contributed by atoms with van der Waals surface area (Å²) in [6, 6.07) is 8.94. The van der Waals surface area contributed by atoms with Crippen LogP contribution in [0.25, 0.3) is 0 Å². The summed E-state index contributed by atoms with van der Waals surface area (Å²) in [6.45, 7) is 1.21. The van der Waals surface area contributed by atoms with Crippen LogP contribution in [-0.4, -0.2) is 48.2 Å². The number of aliphatic hydroxyl groups is 1. The Kier molecular flexibility index (Phi) is 8.53. The molecule has 2 heterocycles. The number of thiophene rings is 1. The van der Waals surface area contributed by atoms with Gasteiger partial charge in [0.1, 0.15) is 4.88 Å². The van der Waals surface area contributed by atoms with Crippen LogP contribution < -0.4 is 0 Å². The molecule has 180 valence electrons. The number of alkyl halides is 3. The Balaban J connectivity index is 1.41. The summed E-state index contributed by atoms with van der Waals surface area (Å²) < 4.78 is 44.1. The summed E-state index contributed by atoms with van der Waals surface area (Å²) in [5.74, 6) is -0.191. The Morgan fingerprint density at radius 3 is 2.76 bits per heavy atom. The number of hydrogen-bond donors (Lipinski definition) is 1. The van der Waals surface area contributed by atoms with E-state index in [1.165, 1.54) is 36.6 Å². The molecule has 0 saturated carbocycles. The zero-order chi connectivity index (χ0) is 24.0. The molecule has 0 radical (unpaired) electrons. The molecule has 1 aliphatic rings. The molecule has 1 aromatic heterocycles. The van der Waals surface area contributed by atoms with E-state index in [1.807, 2.05) is 11.0 Å². The highest BCUT2D eigenvalue weighted by molar-refractivity contribution is 7.13. The van der Waals surface area contributed by atoms with Crippen LogP contribution in [0.1, 0.15) is 51.4 Å². The Morgan fingerprint density at radius 1 is 1.27 bits per heavy atom. The summed E-state index contributed by atoms with van der Waals surface area (Å²) in [6.07, 6.45) is -2.52. The molecule has 0 aliphatic carbocycles. The number of hydrogen-bond acceptors (Lipinski definition) is 5. The van der Waals surface area contributed by atoms with Crippen molar-refractivity contribution in [3.05, 3.63) is 57.3 Å². The molecule has 2 atom stereocenters. The topological polar surface area (TPSA) is 66.8 Å². The molecule has 3 rings (SSSR count). The predicted octanol–water partition coefficient (Wildman–Crippen LogP) is 4.72. The summed E-state index contributed by atoms with van der Waals surface area (Å²) in [5, 5.41) is 10.3. The number of ether oxygens (including phenoxy) is 1. The van der Waals surface area contributed by atoms with Gasteiger partial charge >= 0.3 is 12.1 Å². The van der Waals surface area contributed by atoms with Gasteiger partial charge in [-0.1, -0.05) is 18.2 Å². The number of methoxy groups -OCH3 is 1. The van der Waals surface area contributed by atoms with E-state index in [0.717, 1.165) is 23.8 Å². The first kappa shape index (κ1) is 25.2. The van der Waals surface area contributed by atoms with Gasteiger partial charge in [0.15, 0.2) is 0 Å². The van der Waals surface area contributed by atoms with Crippen molar-refractivity contribution in [2.45, 2.75) is 50.8 Å². The van der Waals surface area contributed by atoms with Crippen LogP contribution in [0.5, 0.6) is 0 Å². The number of likely N-dealkylation sites (tertiary alicyclic amines) is 1. The first-order valence-corrected chi connectivity index (χ1v) is 11.8. The highest BCUT2D eigenvalue weighted by atomic mass is 32.1. The molecular formula is C24H28F3NO4S. The summed E-state index contributed by atoms with van der Waals surface area (Å²) in [4.78, 5) is 27.3. The Hall–Kier alpha value is -2.39. The van der Waals surface area contributed by atoms with Crippen LogP contribution in [0.4, 0.5) is 13.2 Å². The highest BCUT2D eigenvalue weighted by Gasteiger charge is 2.33. The zero-order valence-electron chi connectivity index (χ0n) is 18.4. The van der Waals surface area contributed by atoms with E-state index in [2.05, 4.69) is 0 Å². The van der Waals surface area contributed by atoms with Gasteiger partial charge in [0.25, 0.3) is 0 Å². The smallest absolute Gasteiger partial charge is 0.416 e. The lowest BCUT2D eigenvalue weighted by atomic mass is 9.95. The monoisotopic (exact) mass is 483 g/mol. The average molecular weight is 484 g/mol. The SMILES string of the molecule is COC(=O)c1ccc(CCCN2CC(CCC(O)Cc3ccccc3C(F)(F)F)CC2=O)s1. The Bertz CT molecular complexity index is 959. The number of amides is 1. The van der Waals surface area contributed by atoms with Gasteiger partial charge in [-0.3, -0.25) is 4.79 Å². The van der Waals surface area contributed by atoms with Gasteiger partial charge < -0.3 is 14.7 Å². The van der Waals surface area contributed by atoms with Crippen molar-refractivity contribution in [1.29, 1.82) is 0 Å². The van der Waals surface area contributed by atoms with Crippen molar-refractivity contribution in [2.24, 2.45) is 5.92 Å². The van der Waals surface area contributed by atoms with Crippen LogP contribution in [0.15, 0.2) is 36.4 Å². The van der Waals surface area contributed by atoms with E-state index < -0.39 is 17.8 Å². The molecule has 1 fully saturated rings. The molecule has 5 nitrogen and oxygen atoms in total. The van der Waals surface area contributed by atoms with Gasteiger partial charge in [-0.2, -0.15) is 13.2 Å².